The van der Waals surface area contributed by atoms with Crippen molar-refractivity contribution in [1.29, 1.82) is 0 Å². The SMILES string of the molecule is CC(=O)NC[C@H]1C[C@]2(C)[C@@H](CCCC[C@]2(C)O)N1C(=O)CCc1cccnc1. The molecule has 28 heavy (non-hydrogen) atoms. The number of carbonyl (C=O) groups is 2. The highest BCUT2D eigenvalue weighted by molar-refractivity contribution is 5.78. The number of nitrogens with one attached hydrogen (secondary N) is 1. The maximum absolute atomic E-state index is 13.3. The number of likely N-dealkylation sites (tertiary alicyclic amines) is 1. The van der Waals surface area contributed by atoms with Crippen molar-refractivity contribution in [1.82, 2.24) is 15.2 Å². The fraction of sp³-hybridized carbons (Fsp3) is 0.682. The third-order valence-corrected chi connectivity index (χ3v) is 6.97. The summed E-state index contributed by atoms with van der Waals surface area (Å²) in [6, 6.07) is 3.80. The van der Waals surface area contributed by atoms with Gasteiger partial charge in [0.1, 0.15) is 0 Å². The molecule has 0 spiro atoms. The number of rotatable bonds is 5. The number of pyridine rings is 1. The molecule has 1 aliphatic carbocycles. The van der Waals surface area contributed by atoms with Crippen molar-refractivity contribution < 1.29 is 14.7 Å². The summed E-state index contributed by atoms with van der Waals surface area (Å²) in [5, 5.41) is 14.1. The first-order valence-electron chi connectivity index (χ1n) is 10.4. The Hall–Kier alpha value is -1.95. The van der Waals surface area contributed by atoms with E-state index in [2.05, 4.69) is 17.2 Å². The van der Waals surface area contributed by atoms with Gasteiger partial charge in [0.15, 0.2) is 0 Å². The number of aliphatic hydroxyl groups is 1. The topological polar surface area (TPSA) is 82.5 Å². The average Bonchev–Trinajstić information content (AvgIpc) is 2.90. The summed E-state index contributed by atoms with van der Waals surface area (Å²) in [5.41, 5.74) is -0.137. The van der Waals surface area contributed by atoms with Gasteiger partial charge < -0.3 is 15.3 Å². The highest BCUT2D eigenvalue weighted by atomic mass is 16.3. The molecule has 0 aromatic carbocycles. The quantitative estimate of drug-likeness (QED) is 0.813. The summed E-state index contributed by atoms with van der Waals surface area (Å²) < 4.78 is 0. The molecule has 2 fully saturated rings. The number of nitrogens with zero attached hydrogens (tertiary/aromatic N) is 2. The highest BCUT2D eigenvalue weighted by Gasteiger charge is 2.59. The minimum absolute atomic E-state index is 0.00477. The molecule has 154 valence electrons. The van der Waals surface area contributed by atoms with Crippen molar-refractivity contribution in [2.24, 2.45) is 5.41 Å². The van der Waals surface area contributed by atoms with Crippen LogP contribution in [0.5, 0.6) is 0 Å². The van der Waals surface area contributed by atoms with E-state index in [4.69, 9.17) is 0 Å². The number of aryl methyl sites for hydroxylation is 1. The van der Waals surface area contributed by atoms with Crippen molar-refractivity contribution >= 4 is 11.8 Å². The second kappa shape index (κ2) is 8.19. The summed E-state index contributed by atoms with van der Waals surface area (Å²) in [6.45, 7) is 5.98. The summed E-state index contributed by atoms with van der Waals surface area (Å²) >= 11 is 0. The van der Waals surface area contributed by atoms with E-state index in [9.17, 15) is 14.7 Å². The molecule has 6 nitrogen and oxygen atoms in total. The fourth-order valence-corrected chi connectivity index (χ4v) is 5.15. The van der Waals surface area contributed by atoms with Crippen LogP contribution in [-0.4, -0.2) is 51.0 Å². The van der Waals surface area contributed by atoms with Crippen LogP contribution in [0.4, 0.5) is 0 Å². The second-order valence-corrected chi connectivity index (χ2v) is 8.91. The number of hydrogen-bond acceptors (Lipinski definition) is 4. The van der Waals surface area contributed by atoms with Crippen LogP contribution in [0, 0.1) is 5.41 Å². The first-order valence-corrected chi connectivity index (χ1v) is 10.4. The molecule has 2 heterocycles. The lowest BCUT2D eigenvalue weighted by molar-refractivity contribution is -0.137. The summed E-state index contributed by atoms with van der Waals surface area (Å²) in [5.74, 6) is 0.0115. The molecule has 1 aromatic heterocycles. The summed E-state index contributed by atoms with van der Waals surface area (Å²) in [6.07, 6.45) is 8.95. The number of hydrogen-bond donors (Lipinski definition) is 2. The third kappa shape index (κ3) is 4.07. The van der Waals surface area contributed by atoms with Crippen LogP contribution in [0.2, 0.25) is 0 Å². The molecule has 6 heteroatoms. The number of fused-ring (bicyclic) bond motifs is 1. The minimum atomic E-state index is -0.818. The van der Waals surface area contributed by atoms with Gasteiger partial charge in [-0.1, -0.05) is 25.8 Å². The zero-order valence-electron chi connectivity index (χ0n) is 17.3. The zero-order valence-corrected chi connectivity index (χ0v) is 17.3. The molecule has 1 aliphatic heterocycles. The van der Waals surface area contributed by atoms with Crippen molar-refractivity contribution in [2.75, 3.05) is 6.54 Å². The minimum Gasteiger partial charge on any atom is -0.390 e. The zero-order chi connectivity index (χ0) is 20.4. The van der Waals surface area contributed by atoms with Crippen LogP contribution in [0.15, 0.2) is 24.5 Å². The van der Waals surface area contributed by atoms with Crippen molar-refractivity contribution in [3.8, 4) is 0 Å². The highest BCUT2D eigenvalue weighted by Crippen LogP contribution is 2.53. The van der Waals surface area contributed by atoms with Crippen LogP contribution in [0.25, 0.3) is 0 Å². The van der Waals surface area contributed by atoms with Gasteiger partial charge in [0, 0.05) is 43.7 Å². The largest absolute Gasteiger partial charge is 0.390 e. The van der Waals surface area contributed by atoms with Gasteiger partial charge in [-0.15, -0.1) is 0 Å². The van der Waals surface area contributed by atoms with Gasteiger partial charge in [-0.2, -0.15) is 0 Å². The standard InChI is InChI=1S/C22H33N3O3/c1-16(26)24-15-18-13-21(2)19(8-4-5-11-22(21,3)28)25(18)20(27)10-9-17-7-6-12-23-14-17/h6-7,12,14,18-19,28H,4-5,8-11,13,15H2,1-3H3,(H,24,26)/t18-,19-,21-,22+/m1/s1. The van der Waals surface area contributed by atoms with E-state index >= 15 is 0 Å². The Morgan fingerprint density at radius 1 is 1.36 bits per heavy atom. The summed E-state index contributed by atoms with van der Waals surface area (Å²) in [7, 11) is 0. The average molecular weight is 388 g/mol. The van der Waals surface area contributed by atoms with Crippen molar-refractivity contribution in [2.45, 2.75) is 83.4 Å². The third-order valence-electron chi connectivity index (χ3n) is 6.97. The predicted molar refractivity (Wildman–Crippen MR) is 107 cm³/mol. The van der Waals surface area contributed by atoms with Crippen LogP contribution in [0.3, 0.4) is 0 Å². The monoisotopic (exact) mass is 387 g/mol. The van der Waals surface area contributed by atoms with Crippen LogP contribution >= 0.6 is 0 Å². The lowest BCUT2D eigenvalue weighted by Gasteiger charge is -2.44. The normalized spacial score (nSPS) is 32.5. The van der Waals surface area contributed by atoms with E-state index in [1.807, 2.05) is 24.0 Å². The Kier molecular flexibility index (Phi) is 6.08. The molecule has 0 unspecified atom stereocenters. The van der Waals surface area contributed by atoms with Crippen LogP contribution < -0.4 is 5.32 Å². The molecule has 2 amide bonds. The molecule has 0 bridgehead atoms. The van der Waals surface area contributed by atoms with E-state index in [1.165, 1.54) is 6.92 Å². The smallest absolute Gasteiger partial charge is 0.223 e. The molecule has 1 saturated carbocycles. The van der Waals surface area contributed by atoms with E-state index in [1.54, 1.807) is 12.4 Å². The number of aromatic nitrogens is 1. The molecular weight excluding hydrogens is 354 g/mol. The van der Waals surface area contributed by atoms with Gasteiger partial charge in [-0.3, -0.25) is 14.6 Å². The molecule has 2 N–H and O–H groups in total. The number of carbonyl (C=O) groups excluding carboxylic acids is 2. The van der Waals surface area contributed by atoms with Gasteiger partial charge in [-0.05, 0) is 44.2 Å². The Morgan fingerprint density at radius 2 is 2.14 bits per heavy atom. The molecular formula is C22H33N3O3. The first kappa shape index (κ1) is 20.8. The molecule has 4 atom stereocenters. The Morgan fingerprint density at radius 3 is 2.82 bits per heavy atom. The van der Waals surface area contributed by atoms with Gasteiger partial charge in [0.25, 0.3) is 0 Å². The van der Waals surface area contributed by atoms with Crippen molar-refractivity contribution in [3.63, 3.8) is 0 Å². The van der Waals surface area contributed by atoms with E-state index in [0.717, 1.165) is 31.2 Å². The van der Waals surface area contributed by atoms with E-state index < -0.39 is 5.60 Å². The summed E-state index contributed by atoms with van der Waals surface area (Å²) in [4.78, 5) is 30.9. The van der Waals surface area contributed by atoms with E-state index in [-0.39, 0.29) is 29.3 Å². The van der Waals surface area contributed by atoms with Gasteiger partial charge in [0.05, 0.1) is 11.6 Å². The van der Waals surface area contributed by atoms with Gasteiger partial charge in [-0.25, -0.2) is 0 Å². The number of amides is 2. The van der Waals surface area contributed by atoms with Gasteiger partial charge >= 0.3 is 0 Å². The van der Waals surface area contributed by atoms with Gasteiger partial charge in [0.2, 0.25) is 11.8 Å². The predicted octanol–water partition coefficient (Wildman–Crippen LogP) is 2.45. The second-order valence-electron chi connectivity index (χ2n) is 8.91. The van der Waals surface area contributed by atoms with E-state index in [0.29, 0.717) is 25.8 Å². The maximum atomic E-state index is 13.3. The van der Waals surface area contributed by atoms with Crippen molar-refractivity contribution in [3.05, 3.63) is 30.1 Å². The Labute approximate surface area is 167 Å². The Balaban J connectivity index is 1.82. The first-order chi connectivity index (χ1) is 13.2. The molecule has 0 radical (unpaired) electrons. The van der Waals surface area contributed by atoms with Crippen LogP contribution in [-0.2, 0) is 16.0 Å². The lowest BCUT2D eigenvalue weighted by Crippen LogP contribution is -2.52. The molecule has 1 saturated heterocycles. The molecule has 1 aromatic rings. The Bertz CT molecular complexity index is 706. The fourth-order valence-electron chi connectivity index (χ4n) is 5.15. The molecule has 2 aliphatic rings. The maximum Gasteiger partial charge on any atom is 0.223 e. The van der Waals surface area contributed by atoms with Crippen LogP contribution in [0.1, 0.15) is 64.9 Å². The lowest BCUT2D eigenvalue weighted by atomic mass is 9.67. The molecule has 3 rings (SSSR count).